The Morgan fingerprint density at radius 2 is 1.95 bits per heavy atom. The van der Waals surface area contributed by atoms with Gasteiger partial charge in [-0.25, -0.2) is 0 Å². The summed E-state index contributed by atoms with van der Waals surface area (Å²) >= 11 is 0. The van der Waals surface area contributed by atoms with Crippen LogP contribution in [-0.2, 0) is 5.41 Å². The molecule has 0 bridgehead atoms. The number of ether oxygens (including phenoxy) is 2. The van der Waals surface area contributed by atoms with E-state index in [1.807, 2.05) is 6.07 Å². The Bertz CT molecular complexity index is 500. The smallest absolute Gasteiger partial charge is 0.164 e. The highest BCUT2D eigenvalue weighted by atomic mass is 16.5. The molecule has 0 saturated heterocycles. The lowest BCUT2D eigenvalue weighted by Gasteiger charge is -2.30. The van der Waals surface area contributed by atoms with E-state index in [-0.39, 0.29) is 5.41 Å². The highest BCUT2D eigenvalue weighted by molar-refractivity contribution is 5.55. The van der Waals surface area contributed by atoms with E-state index in [0.717, 1.165) is 18.4 Å². The van der Waals surface area contributed by atoms with E-state index in [1.165, 1.54) is 12.8 Å². The molecule has 19 heavy (non-hydrogen) atoms. The van der Waals surface area contributed by atoms with Crippen molar-refractivity contribution >= 4 is 0 Å². The summed E-state index contributed by atoms with van der Waals surface area (Å²) in [6.07, 6.45) is 4.41. The molecule has 0 aromatic heterocycles. The van der Waals surface area contributed by atoms with Gasteiger partial charge in [-0.1, -0.05) is 12.8 Å². The molecule has 102 valence electrons. The van der Waals surface area contributed by atoms with Gasteiger partial charge in [0.25, 0.3) is 0 Å². The van der Waals surface area contributed by atoms with E-state index in [2.05, 4.69) is 6.07 Å². The van der Waals surface area contributed by atoms with Gasteiger partial charge in [0, 0.05) is 23.6 Å². The molecular formula is C15H20N2O2. The van der Waals surface area contributed by atoms with Gasteiger partial charge < -0.3 is 15.2 Å². The van der Waals surface area contributed by atoms with Crippen LogP contribution in [0.2, 0.25) is 0 Å². The number of hydrogen-bond donors (Lipinski definition) is 1. The van der Waals surface area contributed by atoms with E-state index in [0.29, 0.717) is 23.6 Å². The Hall–Kier alpha value is -1.73. The first kappa shape index (κ1) is 13.7. The van der Waals surface area contributed by atoms with Crippen LogP contribution in [-0.4, -0.2) is 20.8 Å². The van der Waals surface area contributed by atoms with Crippen molar-refractivity contribution in [3.63, 3.8) is 0 Å². The summed E-state index contributed by atoms with van der Waals surface area (Å²) in [6, 6.07) is 5.79. The SMILES string of the molecule is COc1cc(C#N)cc(C2(CN)CCCC2)c1OC. The maximum atomic E-state index is 9.17. The van der Waals surface area contributed by atoms with Gasteiger partial charge in [-0.15, -0.1) is 0 Å². The van der Waals surface area contributed by atoms with Crippen molar-refractivity contribution in [1.29, 1.82) is 5.26 Å². The van der Waals surface area contributed by atoms with Gasteiger partial charge in [0.05, 0.1) is 25.9 Å². The third-order valence-electron chi connectivity index (χ3n) is 4.13. The molecule has 1 aliphatic carbocycles. The third kappa shape index (κ3) is 2.26. The van der Waals surface area contributed by atoms with Gasteiger partial charge in [-0.2, -0.15) is 5.26 Å². The molecule has 1 aromatic carbocycles. The van der Waals surface area contributed by atoms with E-state index in [1.54, 1.807) is 20.3 Å². The van der Waals surface area contributed by atoms with Gasteiger partial charge in [-0.05, 0) is 18.9 Å². The molecule has 4 nitrogen and oxygen atoms in total. The molecule has 2 rings (SSSR count). The maximum Gasteiger partial charge on any atom is 0.164 e. The van der Waals surface area contributed by atoms with Crippen molar-refractivity contribution < 1.29 is 9.47 Å². The molecular weight excluding hydrogens is 240 g/mol. The highest BCUT2D eigenvalue weighted by Crippen LogP contribution is 2.47. The quantitative estimate of drug-likeness (QED) is 0.902. The lowest BCUT2D eigenvalue weighted by atomic mass is 9.77. The highest BCUT2D eigenvalue weighted by Gasteiger charge is 2.37. The number of methoxy groups -OCH3 is 2. The predicted molar refractivity (Wildman–Crippen MR) is 73.5 cm³/mol. The Morgan fingerprint density at radius 3 is 2.42 bits per heavy atom. The Morgan fingerprint density at radius 1 is 1.26 bits per heavy atom. The van der Waals surface area contributed by atoms with Crippen LogP contribution in [0.4, 0.5) is 0 Å². The molecule has 4 heteroatoms. The lowest BCUT2D eigenvalue weighted by Crippen LogP contribution is -2.32. The normalized spacial score (nSPS) is 16.9. The van der Waals surface area contributed by atoms with E-state index in [9.17, 15) is 0 Å². The van der Waals surface area contributed by atoms with Crippen molar-refractivity contribution in [1.82, 2.24) is 0 Å². The van der Waals surface area contributed by atoms with E-state index < -0.39 is 0 Å². The largest absolute Gasteiger partial charge is 0.493 e. The zero-order chi connectivity index (χ0) is 13.9. The molecule has 1 aliphatic rings. The molecule has 1 aromatic rings. The first-order chi connectivity index (χ1) is 9.20. The lowest BCUT2D eigenvalue weighted by molar-refractivity contribution is 0.336. The Kier molecular flexibility index (Phi) is 3.96. The minimum absolute atomic E-state index is 0.0779. The maximum absolute atomic E-state index is 9.17. The summed E-state index contributed by atoms with van der Waals surface area (Å²) in [5.74, 6) is 1.32. The summed E-state index contributed by atoms with van der Waals surface area (Å²) in [5.41, 5.74) is 7.56. The fourth-order valence-corrected chi connectivity index (χ4v) is 3.06. The number of hydrogen-bond acceptors (Lipinski definition) is 4. The summed E-state index contributed by atoms with van der Waals surface area (Å²) in [6.45, 7) is 0.571. The van der Waals surface area contributed by atoms with Crippen molar-refractivity contribution in [2.45, 2.75) is 31.1 Å². The summed E-state index contributed by atoms with van der Waals surface area (Å²) < 4.78 is 10.9. The second kappa shape index (κ2) is 5.50. The third-order valence-corrected chi connectivity index (χ3v) is 4.13. The molecule has 0 aliphatic heterocycles. The van der Waals surface area contributed by atoms with E-state index in [4.69, 9.17) is 20.5 Å². The second-order valence-electron chi connectivity index (χ2n) is 5.06. The van der Waals surface area contributed by atoms with Crippen LogP contribution in [0.1, 0.15) is 36.8 Å². The zero-order valence-electron chi connectivity index (χ0n) is 11.5. The van der Waals surface area contributed by atoms with Crippen molar-refractivity contribution in [3.8, 4) is 17.6 Å². The molecule has 0 radical (unpaired) electrons. The fourth-order valence-electron chi connectivity index (χ4n) is 3.06. The molecule has 0 heterocycles. The average molecular weight is 260 g/mol. The Labute approximate surface area is 114 Å². The molecule has 2 N–H and O–H groups in total. The van der Waals surface area contributed by atoms with Crippen molar-refractivity contribution in [3.05, 3.63) is 23.3 Å². The zero-order valence-corrected chi connectivity index (χ0v) is 11.5. The Balaban J connectivity index is 2.63. The van der Waals surface area contributed by atoms with Gasteiger partial charge in [0.2, 0.25) is 0 Å². The average Bonchev–Trinajstić information content (AvgIpc) is 2.95. The van der Waals surface area contributed by atoms with Gasteiger partial charge in [0.15, 0.2) is 11.5 Å². The monoisotopic (exact) mass is 260 g/mol. The first-order valence-electron chi connectivity index (χ1n) is 6.57. The van der Waals surface area contributed by atoms with Gasteiger partial charge in [-0.3, -0.25) is 0 Å². The summed E-state index contributed by atoms with van der Waals surface area (Å²) in [7, 11) is 3.22. The molecule has 1 fully saturated rings. The van der Waals surface area contributed by atoms with Gasteiger partial charge >= 0.3 is 0 Å². The number of nitriles is 1. The van der Waals surface area contributed by atoms with Crippen LogP contribution >= 0.6 is 0 Å². The summed E-state index contributed by atoms with van der Waals surface area (Å²) in [5, 5.41) is 9.17. The molecule has 0 spiro atoms. The minimum atomic E-state index is -0.0779. The van der Waals surface area contributed by atoms with Crippen LogP contribution < -0.4 is 15.2 Å². The van der Waals surface area contributed by atoms with Gasteiger partial charge in [0.1, 0.15) is 0 Å². The second-order valence-corrected chi connectivity index (χ2v) is 5.06. The first-order valence-corrected chi connectivity index (χ1v) is 6.57. The van der Waals surface area contributed by atoms with Crippen molar-refractivity contribution in [2.24, 2.45) is 5.73 Å². The van der Waals surface area contributed by atoms with Crippen LogP contribution in [0, 0.1) is 11.3 Å². The van der Waals surface area contributed by atoms with E-state index >= 15 is 0 Å². The predicted octanol–water partition coefficient (Wildman–Crippen LogP) is 2.35. The minimum Gasteiger partial charge on any atom is -0.493 e. The number of benzene rings is 1. The molecule has 1 saturated carbocycles. The standard InChI is InChI=1S/C15H20N2O2/c1-18-13-8-11(9-16)7-12(14(13)19-2)15(10-17)5-3-4-6-15/h7-8H,3-6,10,17H2,1-2H3. The summed E-state index contributed by atoms with van der Waals surface area (Å²) in [4.78, 5) is 0. The number of nitrogens with zero attached hydrogens (tertiary/aromatic N) is 1. The van der Waals surface area contributed by atoms with Crippen LogP contribution in [0.25, 0.3) is 0 Å². The molecule has 0 unspecified atom stereocenters. The number of nitrogens with two attached hydrogens (primary N) is 1. The van der Waals surface area contributed by atoms with Crippen LogP contribution in [0.15, 0.2) is 12.1 Å². The molecule has 0 atom stereocenters. The van der Waals surface area contributed by atoms with Crippen LogP contribution in [0.5, 0.6) is 11.5 Å². The molecule has 0 amide bonds. The number of rotatable bonds is 4. The van der Waals surface area contributed by atoms with Crippen molar-refractivity contribution in [2.75, 3.05) is 20.8 Å². The fraction of sp³-hybridized carbons (Fsp3) is 0.533. The topological polar surface area (TPSA) is 68.3 Å². The van der Waals surface area contributed by atoms with Crippen LogP contribution in [0.3, 0.4) is 0 Å².